The molecule has 0 radical (unpaired) electrons. The van der Waals surface area contributed by atoms with Gasteiger partial charge in [-0.05, 0) is 42.0 Å². The van der Waals surface area contributed by atoms with Crippen molar-refractivity contribution in [2.45, 2.75) is 6.54 Å². The first kappa shape index (κ1) is 23.8. The van der Waals surface area contributed by atoms with Gasteiger partial charge in [-0.1, -0.05) is 54.1 Å². The van der Waals surface area contributed by atoms with Gasteiger partial charge < -0.3 is 10.2 Å². The second-order valence-electron chi connectivity index (χ2n) is 6.93. The molecule has 33 heavy (non-hydrogen) atoms. The van der Waals surface area contributed by atoms with Crippen LogP contribution >= 0.6 is 23.8 Å². The lowest BCUT2D eigenvalue weighted by molar-refractivity contribution is -0.384. The van der Waals surface area contributed by atoms with Crippen molar-refractivity contribution in [3.8, 4) is 0 Å². The molecule has 0 fully saturated rings. The van der Waals surface area contributed by atoms with Crippen LogP contribution in [-0.2, 0) is 6.54 Å². The summed E-state index contributed by atoms with van der Waals surface area (Å²) in [6.45, 7) is 0.355. The van der Waals surface area contributed by atoms with Gasteiger partial charge in [-0.3, -0.25) is 25.0 Å². The molecule has 3 aromatic rings. The first-order chi connectivity index (χ1) is 15.8. The van der Waals surface area contributed by atoms with Gasteiger partial charge in [0.2, 0.25) is 0 Å². The highest BCUT2D eigenvalue weighted by Gasteiger charge is 2.20. The summed E-state index contributed by atoms with van der Waals surface area (Å²) in [5.74, 6) is -0.943. The van der Waals surface area contributed by atoms with Gasteiger partial charge in [-0.15, -0.1) is 0 Å². The lowest BCUT2D eigenvalue weighted by Crippen LogP contribution is -2.41. The van der Waals surface area contributed by atoms with E-state index in [1.165, 1.54) is 17.0 Å². The Bertz CT molecular complexity index is 1220. The van der Waals surface area contributed by atoms with Crippen molar-refractivity contribution in [1.29, 1.82) is 0 Å². The molecule has 0 aromatic heterocycles. The Morgan fingerprint density at radius 3 is 2.39 bits per heavy atom. The number of hydrogen-bond acceptors (Lipinski definition) is 5. The second-order valence-corrected chi connectivity index (χ2v) is 7.72. The third-order valence-electron chi connectivity index (χ3n) is 4.74. The molecule has 0 saturated heterocycles. The third kappa shape index (κ3) is 5.91. The number of amides is 2. The van der Waals surface area contributed by atoms with E-state index < -0.39 is 10.8 Å². The summed E-state index contributed by atoms with van der Waals surface area (Å²) < 4.78 is 0. The van der Waals surface area contributed by atoms with Crippen molar-refractivity contribution in [2.75, 3.05) is 11.9 Å². The topological polar surface area (TPSA) is 105 Å². The van der Waals surface area contributed by atoms with E-state index in [0.29, 0.717) is 17.8 Å². The lowest BCUT2D eigenvalue weighted by Gasteiger charge is -2.23. The van der Waals surface area contributed by atoms with Crippen LogP contribution < -0.4 is 15.5 Å². The van der Waals surface area contributed by atoms with Gasteiger partial charge in [0.05, 0.1) is 16.2 Å². The van der Waals surface area contributed by atoms with Crippen molar-refractivity contribution in [1.82, 2.24) is 10.6 Å². The number of halogens is 1. The number of nitro benzene ring substituents is 1. The van der Waals surface area contributed by atoms with Crippen molar-refractivity contribution in [3.63, 3.8) is 0 Å². The Labute approximate surface area is 200 Å². The van der Waals surface area contributed by atoms with Crippen LogP contribution in [0, 0.1) is 10.1 Å². The first-order valence-electron chi connectivity index (χ1n) is 9.72. The maximum atomic E-state index is 12.8. The number of carbonyl (C=O) groups excluding carboxylic acids is 2. The number of nitrogens with one attached hydrogen (secondary N) is 2. The minimum absolute atomic E-state index is 0.0147. The zero-order chi connectivity index (χ0) is 24.0. The predicted octanol–water partition coefficient (Wildman–Crippen LogP) is 4.33. The maximum Gasteiger partial charge on any atom is 0.288 e. The smallest absolute Gasteiger partial charge is 0.288 e. The van der Waals surface area contributed by atoms with E-state index in [-0.39, 0.29) is 27.3 Å². The van der Waals surface area contributed by atoms with E-state index in [1.54, 1.807) is 31.3 Å². The van der Waals surface area contributed by atoms with Gasteiger partial charge in [0, 0.05) is 25.2 Å². The molecule has 0 bridgehead atoms. The number of nitro groups is 1. The van der Waals surface area contributed by atoms with E-state index in [0.717, 1.165) is 11.6 Å². The summed E-state index contributed by atoms with van der Waals surface area (Å²) in [7, 11) is 1.61. The molecule has 0 aliphatic heterocycles. The molecule has 0 aliphatic rings. The van der Waals surface area contributed by atoms with Crippen molar-refractivity contribution >= 4 is 52.1 Å². The number of nitrogens with zero attached hydrogens (tertiary/aromatic N) is 2. The fraction of sp³-hybridized carbons (Fsp3) is 0.0870. The van der Waals surface area contributed by atoms with E-state index in [1.807, 2.05) is 30.3 Å². The number of hydrogen-bond donors (Lipinski definition) is 2. The van der Waals surface area contributed by atoms with Crippen LogP contribution in [0.2, 0.25) is 5.02 Å². The molecule has 3 rings (SSSR count). The molecule has 2 amide bonds. The average molecular weight is 483 g/mol. The van der Waals surface area contributed by atoms with Gasteiger partial charge in [-0.25, -0.2) is 0 Å². The van der Waals surface area contributed by atoms with Crippen LogP contribution in [0.25, 0.3) is 0 Å². The Hall–Kier alpha value is -3.82. The molecule has 168 valence electrons. The molecule has 0 heterocycles. The summed E-state index contributed by atoms with van der Waals surface area (Å²) >= 11 is 11.1. The van der Waals surface area contributed by atoms with E-state index in [2.05, 4.69) is 10.6 Å². The molecule has 2 N–H and O–H groups in total. The summed E-state index contributed by atoms with van der Waals surface area (Å²) in [5, 5.41) is 16.4. The average Bonchev–Trinajstić information content (AvgIpc) is 2.82. The minimum Gasteiger partial charge on any atom is -0.348 e. The van der Waals surface area contributed by atoms with Crippen LogP contribution in [-0.4, -0.2) is 28.9 Å². The molecule has 0 unspecified atom stereocenters. The van der Waals surface area contributed by atoms with Crippen LogP contribution in [0.3, 0.4) is 0 Å². The monoisotopic (exact) mass is 482 g/mol. The normalized spacial score (nSPS) is 10.2. The molecule has 10 heteroatoms. The molecule has 8 nitrogen and oxygen atoms in total. The largest absolute Gasteiger partial charge is 0.348 e. The highest BCUT2D eigenvalue weighted by molar-refractivity contribution is 7.80. The Balaban J connectivity index is 1.73. The minimum atomic E-state index is -0.673. The SMILES string of the molecule is CN(C(=S)NC(=O)c1ccc(Cl)c([N+](=O)[O-])c1)c1ccccc1C(=O)NCc1ccccc1. The van der Waals surface area contributed by atoms with Crippen LogP contribution in [0.1, 0.15) is 26.3 Å². The molecule has 3 aromatic carbocycles. The van der Waals surface area contributed by atoms with E-state index in [4.69, 9.17) is 23.8 Å². The van der Waals surface area contributed by atoms with Gasteiger partial charge in [0.25, 0.3) is 17.5 Å². The maximum absolute atomic E-state index is 12.8. The number of para-hydroxylation sites is 1. The number of benzene rings is 3. The number of carbonyl (C=O) groups is 2. The molecule has 0 atom stereocenters. The summed E-state index contributed by atoms with van der Waals surface area (Å²) in [5.41, 5.74) is 1.45. The number of thiocarbonyl (C=S) groups is 1. The van der Waals surface area contributed by atoms with E-state index in [9.17, 15) is 19.7 Å². The zero-order valence-electron chi connectivity index (χ0n) is 17.4. The van der Waals surface area contributed by atoms with Crippen LogP contribution in [0.15, 0.2) is 72.8 Å². The van der Waals surface area contributed by atoms with Crippen molar-refractivity contribution < 1.29 is 14.5 Å². The fourth-order valence-electron chi connectivity index (χ4n) is 2.99. The quantitative estimate of drug-likeness (QED) is 0.308. The molecule has 0 aliphatic carbocycles. The predicted molar refractivity (Wildman–Crippen MR) is 131 cm³/mol. The van der Waals surface area contributed by atoms with Crippen molar-refractivity contribution in [3.05, 3.63) is 105 Å². The highest BCUT2D eigenvalue weighted by Crippen LogP contribution is 2.25. The standard InChI is InChI=1S/C23H19ClN4O4S/c1-27(23(33)26-21(29)16-11-12-18(24)20(13-16)28(31)32)19-10-6-5-9-17(19)22(30)25-14-15-7-3-2-4-8-15/h2-13H,14H2,1H3,(H,25,30)(H,26,29,33). The Morgan fingerprint density at radius 2 is 1.70 bits per heavy atom. The second kappa shape index (κ2) is 10.7. The zero-order valence-corrected chi connectivity index (χ0v) is 19.0. The van der Waals surface area contributed by atoms with Gasteiger partial charge in [-0.2, -0.15) is 0 Å². The highest BCUT2D eigenvalue weighted by atomic mass is 35.5. The lowest BCUT2D eigenvalue weighted by atomic mass is 10.1. The van der Waals surface area contributed by atoms with Crippen molar-refractivity contribution in [2.24, 2.45) is 0 Å². The third-order valence-corrected chi connectivity index (χ3v) is 5.43. The summed E-state index contributed by atoms with van der Waals surface area (Å²) in [4.78, 5) is 37.3. The van der Waals surface area contributed by atoms with Gasteiger partial charge >= 0.3 is 0 Å². The molecule has 0 saturated carbocycles. The van der Waals surface area contributed by atoms with Gasteiger partial charge in [0.1, 0.15) is 5.02 Å². The fourth-order valence-corrected chi connectivity index (χ4v) is 3.37. The van der Waals surface area contributed by atoms with E-state index >= 15 is 0 Å². The Kier molecular flexibility index (Phi) is 7.70. The van der Waals surface area contributed by atoms with Crippen LogP contribution in [0.5, 0.6) is 0 Å². The summed E-state index contributed by atoms with van der Waals surface area (Å²) in [6.07, 6.45) is 0. The Morgan fingerprint density at radius 1 is 1.03 bits per heavy atom. The number of rotatable bonds is 6. The number of anilines is 1. The molecular formula is C23H19ClN4O4S. The molecular weight excluding hydrogens is 464 g/mol. The molecule has 0 spiro atoms. The van der Waals surface area contributed by atoms with Gasteiger partial charge in [0.15, 0.2) is 5.11 Å². The first-order valence-corrected chi connectivity index (χ1v) is 10.5. The summed E-state index contributed by atoms with van der Waals surface area (Å²) in [6, 6.07) is 20.0. The van der Waals surface area contributed by atoms with Crippen LogP contribution in [0.4, 0.5) is 11.4 Å².